The van der Waals surface area contributed by atoms with E-state index in [1.54, 1.807) is 7.11 Å². The van der Waals surface area contributed by atoms with Crippen LogP contribution in [-0.2, 0) is 6.42 Å². The molecule has 3 heteroatoms. The Hall–Kier alpha value is -0.540. The van der Waals surface area contributed by atoms with Crippen LogP contribution in [0, 0.1) is 5.92 Å². The molecule has 1 rings (SSSR count). The molecule has 0 bridgehead atoms. The molecule has 0 aliphatic carbocycles. The van der Waals surface area contributed by atoms with Gasteiger partial charge >= 0.3 is 0 Å². The predicted octanol–water partition coefficient (Wildman–Crippen LogP) is 4.02. The summed E-state index contributed by atoms with van der Waals surface area (Å²) in [6.45, 7) is 7.77. The Morgan fingerprint density at radius 2 is 2.00 bits per heavy atom. The van der Waals surface area contributed by atoms with Crippen molar-refractivity contribution in [2.45, 2.75) is 39.7 Å². The molecule has 18 heavy (non-hydrogen) atoms. The first kappa shape index (κ1) is 15.5. The number of halogens is 1. The highest BCUT2D eigenvalue weighted by atomic mass is 79.9. The van der Waals surface area contributed by atoms with Crippen LogP contribution in [0.25, 0.3) is 0 Å². The number of nitrogens with one attached hydrogen (secondary N) is 1. The van der Waals surface area contributed by atoms with Gasteiger partial charge in [0.25, 0.3) is 0 Å². The van der Waals surface area contributed by atoms with Crippen LogP contribution in [0.4, 0.5) is 0 Å². The minimum atomic E-state index is 0.576. The van der Waals surface area contributed by atoms with E-state index in [1.165, 1.54) is 12.0 Å². The standard InChI is InChI=1S/C15H24BrNO/c1-11(2)17-8-7-12(3)9-13-5-6-15(18-4)14(16)10-13/h5-6,10-12,17H,7-9H2,1-4H3. The fraction of sp³-hybridized carbons (Fsp3) is 0.600. The van der Waals surface area contributed by atoms with Gasteiger partial charge in [0.05, 0.1) is 11.6 Å². The van der Waals surface area contributed by atoms with E-state index in [1.807, 2.05) is 6.07 Å². The molecule has 0 aromatic heterocycles. The molecule has 0 aliphatic heterocycles. The molecule has 0 saturated carbocycles. The number of benzene rings is 1. The maximum absolute atomic E-state index is 5.24. The van der Waals surface area contributed by atoms with Gasteiger partial charge in [-0.15, -0.1) is 0 Å². The normalized spacial score (nSPS) is 12.8. The first-order chi connectivity index (χ1) is 8.52. The molecule has 2 nitrogen and oxygen atoms in total. The van der Waals surface area contributed by atoms with Crippen LogP contribution >= 0.6 is 15.9 Å². The molecule has 1 N–H and O–H groups in total. The average Bonchev–Trinajstić information content (AvgIpc) is 2.28. The minimum absolute atomic E-state index is 0.576. The first-order valence-corrected chi connectivity index (χ1v) is 7.38. The maximum Gasteiger partial charge on any atom is 0.133 e. The lowest BCUT2D eigenvalue weighted by Crippen LogP contribution is -2.25. The maximum atomic E-state index is 5.24. The summed E-state index contributed by atoms with van der Waals surface area (Å²) in [5.41, 5.74) is 1.36. The average molecular weight is 314 g/mol. The highest BCUT2D eigenvalue weighted by Crippen LogP contribution is 2.26. The van der Waals surface area contributed by atoms with E-state index in [9.17, 15) is 0 Å². The third-order valence-electron chi connectivity index (χ3n) is 2.99. The quantitative estimate of drug-likeness (QED) is 0.820. The van der Waals surface area contributed by atoms with Crippen molar-refractivity contribution in [1.82, 2.24) is 5.32 Å². The van der Waals surface area contributed by atoms with E-state index in [2.05, 4.69) is 54.2 Å². The molecule has 1 aromatic carbocycles. The molecule has 1 aromatic rings. The second-order valence-electron chi connectivity index (χ2n) is 5.18. The molecule has 0 fully saturated rings. The number of ether oxygens (including phenoxy) is 1. The van der Waals surface area contributed by atoms with Gasteiger partial charge in [-0.3, -0.25) is 0 Å². The molecule has 1 unspecified atom stereocenters. The molecule has 1 atom stereocenters. The SMILES string of the molecule is COc1ccc(CC(C)CCNC(C)C)cc1Br. The number of rotatable bonds is 7. The van der Waals surface area contributed by atoms with E-state index in [-0.39, 0.29) is 0 Å². The highest BCUT2D eigenvalue weighted by molar-refractivity contribution is 9.10. The topological polar surface area (TPSA) is 21.3 Å². The van der Waals surface area contributed by atoms with Crippen LogP contribution in [0.1, 0.15) is 32.8 Å². The summed E-state index contributed by atoms with van der Waals surface area (Å²) in [7, 11) is 1.69. The third kappa shape index (κ3) is 5.40. The van der Waals surface area contributed by atoms with E-state index < -0.39 is 0 Å². The van der Waals surface area contributed by atoms with Crippen molar-refractivity contribution >= 4 is 15.9 Å². The number of methoxy groups -OCH3 is 1. The van der Waals surface area contributed by atoms with Crippen molar-refractivity contribution in [3.05, 3.63) is 28.2 Å². The van der Waals surface area contributed by atoms with Gasteiger partial charge in [-0.1, -0.05) is 26.8 Å². The largest absolute Gasteiger partial charge is 0.496 e. The summed E-state index contributed by atoms with van der Waals surface area (Å²) < 4.78 is 6.28. The van der Waals surface area contributed by atoms with Crippen LogP contribution in [0.5, 0.6) is 5.75 Å². The van der Waals surface area contributed by atoms with Gasteiger partial charge in [0.2, 0.25) is 0 Å². The zero-order valence-electron chi connectivity index (χ0n) is 11.8. The Morgan fingerprint density at radius 3 is 2.56 bits per heavy atom. The van der Waals surface area contributed by atoms with Crippen molar-refractivity contribution in [3.8, 4) is 5.75 Å². The number of hydrogen-bond donors (Lipinski definition) is 1. The smallest absolute Gasteiger partial charge is 0.133 e. The zero-order chi connectivity index (χ0) is 13.5. The monoisotopic (exact) mass is 313 g/mol. The highest BCUT2D eigenvalue weighted by Gasteiger charge is 2.06. The van der Waals surface area contributed by atoms with E-state index >= 15 is 0 Å². The van der Waals surface area contributed by atoms with Crippen molar-refractivity contribution in [2.24, 2.45) is 5.92 Å². The van der Waals surface area contributed by atoms with E-state index in [0.717, 1.165) is 23.2 Å². The van der Waals surface area contributed by atoms with Crippen molar-refractivity contribution in [1.29, 1.82) is 0 Å². The van der Waals surface area contributed by atoms with Gasteiger partial charge in [-0.2, -0.15) is 0 Å². The van der Waals surface area contributed by atoms with Crippen LogP contribution in [0.3, 0.4) is 0 Å². The van der Waals surface area contributed by atoms with Gasteiger partial charge in [0.1, 0.15) is 5.75 Å². The van der Waals surface area contributed by atoms with E-state index in [4.69, 9.17) is 4.74 Å². The van der Waals surface area contributed by atoms with Gasteiger partial charge in [-0.05, 0) is 58.9 Å². The van der Waals surface area contributed by atoms with Gasteiger partial charge in [-0.25, -0.2) is 0 Å². The predicted molar refractivity (Wildman–Crippen MR) is 81.3 cm³/mol. The lowest BCUT2D eigenvalue weighted by Gasteiger charge is -2.14. The fourth-order valence-electron chi connectivity index (χ4n) is 1.96. The molecule has 102 valence electrons. The molecular formula is C15H24BrNO. The van der Waals surface area contributed by atoms with Crippen molar-refractivity contribution in [2.75, 3.05) is 13.7 Å². The summed E-state index contributed by atoms with van der Waals surface area (Å²) >= 11 is 3.53. The summed E-state index contributed by atoms with van der Waals surface area (Å²) in [6, 6.07) is 6.91. The van der Waals surface area contributed by atoms with Crippen molar-refractivity contribution in [3.63, 3.8) is 0 Å². The molecule has 0 aliphatic rings. The molecular weight excluding hydrogens is 290 g/mol. The molecule has 0 spiro atoms. The molecule has 0 radical (unpaired) electrons. The molecule has 0 amide bonds. The Labute approximate surface area is 119 Å². The minimum Gasteiger partial charge on any atom is -0.496 e. The Kier molecular flexibility index (Phi) is 6.72. The second-order valence-corrected chi connectivity index (χ2v) is 6.03. The van der Waals surface area contributed by atoms with Crippen LogP contribution < -0.4 is 10.1 Å². The lowest BCUT2D eigenvalue weighted by molar-refractivity contribution is 0.411. The van der Waals surface area contributed by atoms with Crippen LogP contribution in [0.15, 0.2) is 22.7 Å². The summed E-state index contributed by atoms with van der Waals surface area (Å²) in [5.74, 6) is 1.59. The summed E-state index contributed by atoms with van der Waals surface area (Å²) in [6.07, 6.45) is 2.32. The zero-order valence-corrected chi connectivity index (χ0v) is 13.4. The third-order valence-corrected chi connectivity index (χ3v) is 3.61. The van der Waals surface area contributed by atoms with Crippen LogP contribution in [0.2, 0.25) is 0 Å². The summed E-state index contributed by atoms with van der Waals surface area (Å²) in [4.78, 5) is 0. The van der Waals surface area contributed by atoms with E-state index in [0.29, 0.717) is 12.0 Å². The summed E-state index contributed by atoms with van der Waals surface area (Å²) in [5, 5.41) is 3.46. The fourth-order valence-corrected chi connectivity index (χ4v) is 2.55. The van der Waals surface area contributed by atoms with Crippen LogP contribution in [-0.4, -0.2) is 19.7 Å². The molecule has 0 saturated heterocycles. The van der Waals surface area contributed by atoms with Gasteiger partial charge in [0, 0.05) is 6.04 Å². The number of hydrogen-bond acceptors (Lipinski definition) is 2. The Balaban J connectivity index is 2.44. The Morgan fingerprint density at radius 1 is 1.28 bits per heavy atom. The first-order valence-electron chi connectivity index (χ1n) is 6.58. The van der Waals surface area contributed by atoms with Gasteiger partial charge in [0.15, 0.2) is 0 Å². The molecule has 0 heterocycles. The Bertz CT molecular complexity index is 366. The second kappa shape index (κ2) is 7.80. The van der Waals surface area contributed by atoms with Crippen molar-refractivity contribution < 1.29 is 4.74 Å². The lowest BCUT2D eigenvalue weighted by atomic mass is 9.98. The van der Waals surface area contributed by atoms with Gasteiger partial charge < -0.3 is 10.1 Å².